The fourth-order valence-corrected chi connectivity index (χ4v) is 7.57. The zero-order valence-corrected chi connectivity index (χ0v) is 23.3. The molecule has 2 aliphatic rings. The summed E-state index contributed by atoms with van der Waals surface area (Å²) in [7, 11) is 4.03. The summed E-state index contributed by atoms with van der Waals surface area (Å²) in [5, 5.41) is 6.86. The van der Waals surface area contributed by atoms with Crippen molar-refractivity contribution in [3.05, 3.63) is 160 Å². The van der Waals surface area contributed by atoms with Crippen LogP contribution in [0.5, 0.6) is 0 Å². The van der Waals surface area contributed by atoms with E-state index in [0.717, 1.165) is 11.4 Å². The lowest BCUT2D eigenvalue weighted by molar-refractivity contribution is 0.405. The van der Waals surface area contributed by atoms with Crippen LogP contribution in [0.25, 0.3) is 17.2 Å². The molecule has 2 aliphatic carbocycles. The van der Waals surface area contributed by atoms with Gasteiger partial charge in [-0.15, -0.1) is 0 Å². The Morgan fingerprint density at radius 2 is 1.02 bits per heavy atom. The molecule has 1 atom stereocenters. The van der Waals surface area contributed by atoms with Gasteiger partial charge in [-0.25, -0.2) is 0 Å². The molecule has 0 radical (unpaired) electrons. The first-order valence-corrected chi connectivity index (χ1v) is 14.2. The molecule has 5 aromatic rings. The Balaban J connectivity index is 1.66. The van der Waals surface area contributed by atoms with Crippen molar-refractivity contribution < 1.29 is 0 Å². The highest BCUT2D eigenvalue weighted by Gasteiger charge is 2.54. The Hall–Kier alpha value is -4.56. The van der Waals surface area contributed by atoms with Crippen LogP contribution in [0, 0.1) is 0 Å². The van der Waals surface area contributed by atoms with Crippen molar-refractivity contribution in [2.24, 2.45) is 0 Å². The van der Waals surface area contributed by atoms with E-state index in [-0.39, 0.29) is 11.8 Å². The minimum absolute atomic E-state index is 0.0865. The van der Waals surface area contributed by atoms with Gasteiger partial charge < -0.3 is 10.6 Å². The van der Waals surface area contributed by atoms with Crippen LogP contribution < -0.4 is 10.6 Å². The molecule has 2 N–H and O–H groups in total. The molecule has 0 heterocycles. The monoisotopic (exact) mass is 518 g/mol. The largest absolute Gasteiger partial charge is 0.388 e. The zero-order valence-electron chi connectivity index (χ0n) is 23.3. The van der Waals surface area contributed by atoms with Crippen molar-refractivity contribution in [3.8, 4) is 11.1 Å². The predicted octanol–water partition coefficient (Wildman–Crippen LogP) is 9.07. The molecule has 5 aromatic carbocycles. The molecule has 0 fully saturated rings. The van der Waals surface area contributed by atoms with Gasteiger partial charge in [-0.3, -0.25) is 0 Å². The SMILES string of the molecule is CNc1ccc2c(c1)C(C(c1ccccc1)(c1ccccc1)C1C(C)=Cc3ccccc31)c1cc(NC)ccc1-2. The van der Waals surface area contributed by atoms with Gasteiger partial charge in [0.2, 0.25) is 0 Å². The first-order valence-electron chi connectivity index (χ1n) is 14.2. The van der Waals surface area contributed by atoms with E-state index in [0.29, 0.717) is 0 Å². The van der Waals surface area contributed by atoms with Crippen LogP contribution in [0.2, 0.25) is 0 Å². The van der Waals surface area contributed by atoms with Gasteiger partial charge in [-0.1, -0.05) is 109 Å². The standard InChI is InChI=1S/C38H34N2/c1-25-22-26-12-10-11-17-31(26)36(25)38(27-13-6-4-7-14-27,28-15-8-5-9-16-28)37-34-23-29(39-2)18-20-32(34)33-21-19-30(40-3)24-35(33)37/h4-24,36-37,39-40H,1-3H3. The lowest BCUT2D eigenvalue weighted by atomic mass is 9.54. The number of hydrogen-bond acceptors (Lipinski definition) is 2. The number of hydrogen-bond donors (Lipinski definition) is 2. The van der Waals surface area contributed by atoms with Gasteiger partial charge in [-0.2, -0.15) is 0 Å². The molecule has 1 unspecified atom stereocenters. The highest BCUT2D eigenvalue weighted by Crippen LogP contribution is 2.64. The van der Waals surface area contributed by atoms with E-state index in [1.54, 1.807) is 0 Å². The summed E-state index contributed by atoms with van der Waals surface area (Å²) in [5.74, 6) is 0.247. The Bertz CT molecular complexity index is 1640. The van der Waals surface area contributed by atoms with Crippen LogP contribution in [-0.4, -0.2) is 14.1 Å². The molecular weight excluding hydrogens is 484 g/mol. The minimum Gasteiger partial charge on any atom is -0.388 e. The topological polar surface area (TPSA) is 24.1 Å². The summed E-state index contributed by atoms with van der Waals surface area (Å²) in [4.78, 5) is 0. The summed E-state index contributed by atoms with van der Waals surface area (Å²) >= 11 is 0. The van der Waals surface area contributed by atoms with Gasteiger partial charge in [-0.05, 0) is 75.7 Å². The molecule has 0 amide bonds. The average molecular weight is 519 g/mol. The quantitative estimate of drug-likeness (QED) is 0.234. The van der Waals surface area contributed by atoms with Crippen LogP contribution in [-0.2, 0) is 5.41 Å². The molecular formula is C38H34N2. The maximum absolute atomic E-state index is 3.43. The average Bonchev–Trinajstić information content (AvgIpc) is 3.52. The molecule has 196 valence electrons. The van der Waals surface area contributed by atoms with Crippen LogP contribution in [0.4, 0.5) is 11.4 Å². The third-order valence-electron chi connectivity index (χ3n) is 9.15. The van der Waals surface area contributed by atoms with E-state index < -0.39 is 5.41 Å². The summed E-state index contributed by atoms with van der Waals surface area (Å²) in [6.45, 7) is 2.33. The maximum atomic E-state index is 3.43. The maximum Gasteiger partial charge on any atom is 0.0418 e. The van der Waals surface area contributed by atoms with E-state index in [1.807, 2.05) is 14.1 Å². The predicted molar refractivity (Wildman–Crippen MR) is 169 cm³/mol. The van der Waals surface area contributed by atoms with Crippen LogP contribution >= 0.6 is 0 Å². The second-order valence-electron chi connectivity index (χ2n) is 11.1. The van der Waals surface area contributed by atoms with Crippen molar-refractivity contribution in [2.75, 3.05) is 24.7 Å². The fraction of sp³-hybridized carbons (Fsp3) is 0.158. The molecule has 0 saturated carbocycles. The van der Waals surface area contributed by atoms with Crippen molar-refractivity contribution in [1.29, 1.82) is 0 Å². The van der Waals surface area contributed by atoms with Crippen molar-refractivity contribution in [3.63, 3.8) is 0 Å². The van der Waals surface area contributed by atoms with E-state index in [1.165, 1.54) is 50.1 Å². The van der Waals surface area contributed by atoms with Crippen molar-refractivity contribution >= 4 is 17.5 Å². The summed E-state index contributed by atoms with van der Waals surface area (Å²) in [5.41, 5.74) is 14.1. The molecule has 0 aliphatic heterocycles. The lowest BCUT2D eigenvalue weighted by Crippen LogP contribution is -2.41. The molecule has 0 bridgehead atoms. The van der Waals surface area contributed by atoms with E-state index in [2.05, 4.69) is 145 Å². The first kappa shape index (κ1) is 24.5. The number of rotatable bonds is 6. The third kappa shape index (κ3) is 3.49. The third-order valence-corrected chi connectivity index (χ3v) is 9.15. The van der Waals surface area contributed by atoms with E-state index >= 15 is 0 Å². The molecule has 0 aromatic heterocycles. The van der Waals surface area contributed by atoms with E-state index in [9.17, 15) is 0 Å². The molecule has 7 rings (SSSR count). The molecule has 0 saturated heterocycles. The number of anilines is 2. The van der Waals surface area contributed by atoms with E-state index in [4.69, 9.17) is 0 Å². The number of allylic oxidation sites excluding steroid dienone is 1. The van der Waals surface area contributed by atoms with Gasteiger partial charge in [0, 0.05) is 42.7 Å². The van der Waals surface area contributed by atoms with Gasteiger partial charge in [0.1, 0.15) is 0 Å². The van der Waals surface area contributed by atoms with Gasteiger partial charge in [0.25, 0.3) is 0 Å². The lowest BCUT2D eigenvalue weighted by Gasteiger charge is -2.47. The Labute approximate surface area is 237 Å². The smallest absolute Gasteiger partial charge is 0.0418 e. The fourth-order valence-electron chi connectivity index (χ4n) is 7.57. The molecule has 40 heavy (non-hydrogen) atoms. The second kappa shape index (κ2) is 9.57. The van der Waals surface area contributed by atoms with Crippen LogP contribution in [0.3, 0.4) is 0 Å². The summed E-state index contributed by atoms with van der Waals surface area (Å²) < 4.78 is 0. The summed E-state index contributed by atoms with van der Waals surface area (Å²) in [6, 6.07) is 45.3. The molecule has 2 nitrogen and oxygen atoms in total. The molecule has 2 heteroatoms. The Morgan fingerprint density at radius 1 is 0.525 bits per heavy atom. The zero-order chi connectivity index (χ0) is 27.3. The summed E-state index contributed by atoms with van der Waals surface area (Å²) in [6.07, 6.45) is 2.41. The Morgan fingerprint density at radius 3 is 1.55 bits per heavy atom. The van der Waals surface area contributed by atoms with Gasteiger partial charge >= 0.3 is 0 Å². The first-order chi connectivity index (χ1) is 19.7. The minimum atomic E-state index is -0.394. The molecule has 0 spiro atoms. The van der Waals surface area contributed by atoms with Crippen molar-refractivity contribution in [2.45, 2.75) is 24.2 Å². The van der Waals surface area contributed by atoms with Crippen LogP contribution in [0.1, 0.15) is 52.1 Å². The number of fused-ring (bicyclic) bond motifs is 4. The Kier molecular flexibility index (Phi) is 5.86. The van der Waals surface area contributed by atoms with Crippen LogP contribution in [0.15, 0.2) is 127 Å². The van der Waals surface area contributed by atoms with Gasteiger partial charge in [0.05, 0.1) is 0 Å². The second-order valence-corrected chi connectivity index (χ2v) is 11.1. The normalized spacial score (nSPS) is 15.7. The number of benzene rings is 5. The highest BCUT2D eigenvalue weighted by atomic mass is 14.8. The highest BCUT2D eigenvalue weighted by molar-refractivity contribution is 5.85. The van der Waals surface area contributed by atoms with Gasteiger partial charge in [0.15, 0.2) is 0 Å². The van der Waals surface area contributed by atoms with Crippen molar-refractivity contribution in [1.82, 2.24) is 0 Å². The number of nitrogens with one attached hydrogen (secondary N) is 2.